The molecule has 0 fully saturated rings. The summed E-state index contributed by atoms with van der Waals surface area (Å²) in [5.41, 5.74) is 7.47. The van der Waals surface area contributed by atoms with Gasteiger partial charge in [-0.3, -0.25) is 10.1 Å². The quantitative estimate of drug-likeness (QED) is 0.539. The summed E-state index contributed by atoms with van der Waals surface area (Å²) in [5, 5.41) is 10.7. The Bertz CT molecular complexity index is 403. The van der Waals surface area contributed by atoms with Crippen molar-refractivity contribution in [2.75, 3.05) is 6.61 Å². The van der Waals surface area contributed by atoms with Crippen LogP contribution in [-0.2, 0) is 0 Å². The molecule has 1 heterocycles. The van der Waals surface area contributed by atoms with Gasteiger partial charge in [-0.2, -0.15) is 0 Å². The van der Waals surface area contributed by atoms with E-state index < -0.39 is 4.92 Å². The minimum atomic E-state index is -0.448. The molecule has 0 amide bonds. The first-order valence-corrected chi connectivity index (χ1v) is 4.27. The number of fused-ring (bicyclic) bond motifs is 1. The fourth-order valence-electron chi connectivity index (χ4n) is 1.70. The normalized spacial score (nSPS) is 18.9. The molecule has 2 N–H and O–H groups in total. The van der Waals surface area contributed by atoms with Crippen LogP contribution in [0.4, 0.5) is 5.69 Å². The summed E-state index contributed by atoms with van der Waals surface area (Å²) in [6.07, 6.45) is 0. The van der Waals surface area contributed by atoms with Crippen LogP contribution in [0.3, 0.4) is 0 Å². The molecule has 1 aliphatic rings. The third-order valence-corrected chi connectivity index (χ3v) is 2.37. The average Bonchev–Trinajstić information content (AvgIpc) is 2.49. The molecule has 2 rings (SSSR count). The van der Waals surface area contributed by atoms with Gasteiger partial charge in [-0.15, -0.1) is 0 Å². The molecule has 0 bridgehead atoms. The topological polar surface area (TPSA) is 78.4 Å². The highest BCUT2D eigenvalue weighted by Crippen LogP contribution is 2.40. The predicted octanol–water partition coefficient (Wildman–Crippen LogP) is 1.30. The van der Waals surface area contributed by atoms with Crippen molar-refractivity contribution in [2.45, 2.75) is 13.0 Å². The molecular formula is C9H10N2O3. The number of hydrogen-bond donors (Lipinski definition) is 1. The van der Waals surface area contributed by atoms with Crippen LogP contribution in [0.15, 0.2) is 12.1 Å². The largest absolute Gasteiger partial charge is 0.485 e. The summed E-state index contributed by atoms with van der Waals surface area (Å²) in [6, 6.07) is 2.91. The zero-order valence-corrected chi connectivity index (χ0v) is 7.69. The van der Waals surface area contributed by atoms with Gasteiger partial charge in [0.1, 0.15) is 6.61 Å². The molecule has 0 aliphatic carbocycles. The van der Waals surface area contributed by atoms with Crippen molar-refractivity contribution in [2.24, 2.45) is 5.73 Å². The Morgan fingerprint density at radius 1 is 1.64 bits per heavy atom. The van der Waals surface area contributed by atoms with Gasteiger partial charge in [0.25, 0.3) is 0 Å². The summed E-state index contributed by atoms with van der Waals surface area (Å²) in [5.74, 6) is 0.336. The average molecular weight is 194 g/mol. The molecular weight excluding hydrogens is 184 g/mol. The molecule has 1 aromatic rings. The summed E-state index contributed by atoms with van der Waals surface area (Å²) in [7, 11) is 0. The van der Waals surface area contributed by atoms with E-state index >= 15 is 0 Å². The molecule has 0 spiro atoms. The zero-order chi connectivity index (χ0) is 10.3. The van der Waals surface area contributed by atoms with E-state index in [1.807, 2.05) is 6.92 Å². The van der Waals surface area contributed by atoms with Crippen LogP contribution in [0.1, 0.15) is 17.2 Å². The van der Waals surface area contributed by atoms with E-state index in [9.17, 15) is 10.1 Å². The summed E-state index contributed by atoms with van der Waals surface area (Å²) >= 11 is 0. The van der Waals surface area contributed by atoms with Gasteiger partial charge in [0.05, 0.1) is 11.0 Å². The SMILES string of the molecule is Cc1ccc([N+](=O)[O-])c2c1[C@@H](N)CO2. The molecule has 0 aromatic heterocycles. The van der Waals surface area contributed by atoms with Crippen molar-refractivity contribution in [1.82, 2.24) is 0 Å². The third kappa shape index (κ3) is 1.13. The lowest BCUT2D eigenvalue weighted by molar-refractivity contribution is -0.385. The lowest BCUT2D eigenvalue weighted by atomic mass is 10.0. The van der Waals surface area contributed by atoms with Crippen molar-refractivity contribution in [3.8, 4) is 5.75 Å². The van der Waals surface area contributed by atoms with Crippen molar-refractivity contribution < 1.29 is 9.66 Å². The van der Waals surface area contributed by atoms with Gasteiger partial charge in [-0.1, -0.05) is 6.07 Å². The van der Waals surface area contributed by atoms with E-state index in [1.54, 1.807) is 6.07 Å². The first-order valence-electron chi connectivity index (χ1n) is 4.27. The van der Waals surface area contributed by atoms with Crippen molar-refractivity contribution in [3.05, 3.63) is 33.4 Å². The molecule has 1 aliphatic heterocycles. The Morgan fingerprint density at radius 3 is 3.00 bits per heavy atom. The summed E-state index contributed by atoms with van der Waals surface area (Å²) in [6.45, 7) is 2.19. The van der Waals surface area contributed by atoms with Crippen molar-refractivity contribution >= 4 is 5.69 Å². The highest BCUT2D eigenvalue weighted by Gasteiger charge is 2.30. The second-order valence-corrected chi connectivity index (χ2v) is 3.32. The van der Waals surface area contributed by atoms with Gasteiger partial charge in [-0.25, -0.2) is 0 Å². The van der Waals surface area contributed by atoms with E-state index in [1.165, 1.54) is 6.07 Å². The Hall–Kier alpha value is -1.62. The number of ether oxygens (including phenoxy) is 1. The maximum Gasteiger partial charge on any atom is 0.311 e. The lowest BCUT2D eigenvalue weighted by Gasteiger charge is -2.04. The molecule has 0 radical (unpaired) electrons. The number of nitro groups is 1. The number of benzene rings is 1. The highest BCUT2D eigenvalue weighted by molar-refractivity contribution is 5.57. The smallest absolute Gasteiger partial charge is 0.311 e. The lowest BCUT2D eigenvalue weighted by Crippen LogP contribution is -2.11. The molecule has 5 heteroatoms. The Kier molecular flexibility index (Phi) is 1.89. The first kappa shape index (κ1) is 8.96. The van der Waals surface area contributed by atoms with Gasteiger partial charge < -0.3 is 10.5 Å². The molecule has 74 valence electrons. The summed E-state index contributed by atoms with van der Waals surface area (Å²) < 4.78 is 5.22. The Labute approximate surface area is 80.6 Å². The molecule has 1 aromatic carbocycles. The van der Waals surface area contributed by atoms with E-state index in [4.69, 9.17) is 10.5 Å². The fourth-order valence-corrected chi connectivity index (χ4v) is 1.70. The number of nitrogens with two attached hydrogens (primary N) is 1. The number of rotatable bonds is 1. The predicted molar refractivity (Wildman–Crippen MR) is 50.3 cm³/mol. The number of aryl methyl sites for hydroxylation is 1. The van der Waals surface area contributed by atoms with Gasteiger partial charge >= 0.3 is 5.69 Å². The Balaban J connectivity index is 2.64. The molecule has 0 unspecified atom stereocenters. The van der Waals surface area contributed by atoms with Crippen molar-refractivity contribution in [3.63, 3.8) is 0 Å². The number of nitrogens with zero attached hydrogens (tertiary/aromatic N) is 1. The first-order chi connectivity index (χ1) is 6.61. The molecule has 5 nitrogen and oxygen atoms in total. The van der Waals surface area contributed by atoms with Crippen LogP contribution in [0.5, 0.6) is 5.75 Å². The highest BCUT2D eigenvalue weighted by atomic mass is 16.6. The van der Waals surface area contributed by atoms with Crippen LogP contribution >= 0.6 is 0 Å². The minimum absolute atomic E-state index is 0.00134. The minimum Gasteiger partial charge on any atom is -0.485 e. The standard InChI is InChI=1S/C9H10N2O3/c1-5-2-3-7(11(12)13)9-8(5)6(10)4-14-9/h2-3,6H,4,10H2,1H3/t6-/m0/s1. The van der Waals surface area contributed by atoms with Gasteiger partial charge in [0, 0.05) is 11.6 Å². The summed E-state index contributed by atoms with van der Waals surface area (Å²) in [4.78, 5) is 10.2. The third-order valence-electron chi connectivity index (χ3n) is 2.37. The molecule has 1 atom stereocenters. The van der Waals surface area contributed by atoms with E-state index in [-0.39, 0.29) is 11.7 Å². The van der Waals surface area contributed by atoms with E-state index in [0.29, 0.717) is 12.4 Å². The zero-order valence-electron chi connectivity index (χ0n) is 7.69. The van der Waals surface area contributed by atoms with E-state index in [0.717, 1.165) is 11.1 Å². The molecule has 0 saturated carbocycles. The van der Waals surface area contributed by atoms with Crippen LogP contribution in [0, 0.1) is 17.0 Å². The van der Waals surface area contributed by atoms with Crippen LogP contribution in [0.2, 0.25) is 0 Å². The monoisotopic (exact) mass is 194 g/mol. The Morgan fingerprint density at radius 2 is 2.36 bits per heavy atom. The molecule has 14 heavy (non-hydrogen) atoms. The van der Waals surface area contributed by atoms with Gasteiger partial charge in [0.2, 0.25) is 5.75 Å². The number of hydrogen-bond acceptors (Lipinski definition) is 4. The second-order valence-electron chi connectivity index (χ2n) is 3.32. The van der Waals surface area contributed by atoms with Crippen LogP contribution in [0.25, 0.3) is 0 Å². The number of nitro benzene ring substituents is 1. The van der Waals surface area contributed by atoms with Crippen molar-refractivity contribution in [1.29, 1.82) is 0 Å². The van der Waals surface area contributed by atoms with Gasteiger partial charge in [-0.05, 0) is 12.5 Å². The second kappa shape index (κ2) is 2.95. The van der Waals surface area contributed by atoms with Crippen LogP contribution < -0.4 is 10.5 Å². The van der Waals surface area contributed by atoms with E-state index in [2.05, 4.69) is 0 Å². The maximum absolute atomic E-state index is 10.7. The van der Waals surface area contributed by atoms with Gasteiger partial charge in [0.15, 0.2) is 0 Å². The molecule has 0 saturated heterocycles. The van der Waals surface area contributed by atoms with Crippen LogP contribution in [-0.4, -0.2) is 11.5 Å². The fraction of sp³-hybridized carbons (Fsp3) is 0.333. The maximum atomic E-state index is 10.7.